The summed E-state index contributed by atoms with van der Waals surface area (Å²) in [7, 11) is 0. The number of ether oxygens (including phenoxy) is 2. The average molecular weight is 456 g/mol. The van der Waals surface area contributed by atoms with Gasteiger partial charge in [0.05, 0.1) is 36.7 Å². The van der Waals surface area contributed by atoms with Crippen molar-refractivity contribution in [2.45, 2.75) is 50.8 Å². The number of aromatic nitrogens is 1. The zero-order chi connectivity index (χ0) is 23.3. The van der Waals surface area contributed by atoms with E-state index in [2.05, 4.69) is 4.98 Å². The van der Waals surface area contributed by atoms with Crippen LogP contribution in [0.2, 0.25) is 0 Å². The predicted molar refractivity (Wildman–Crippen MR) is 104 cm³/mol. The van der Waals surface area contributed by atoms with Gasteiger partial charge < -0.3 is 23.9 Å². The lowest BCUT2D eigenvalue weighted by molar-refractivity contribution is -0.192. The van der Waals surface area contributed by atoms with Crippen LogP contribution in [0, 0.1) is 6.92 Å². The van der Waals surface area contributed by atoms with Crippen LogP contribution in [0.15, 0.2) is 41.1 Å². The molecule has 0 saturated carbocycles. The fourth-order valence-electron chi connectivity index (χ4n) is 3.73. The number of carboxylic acid groups (broad SMARTS) is 1. The lowest BCUT2D eigenvalue weighted by Crippen LogP contribution is -2.43. The monoisotopic (exact) mass is 456 g/mol. The molecule has 0 bridgehead atoms. The molecule has 1 amide bonds. The summed E-state index contributed by atoms with van der Waals surface area (Å²) in [6.07, 6.45) is -0.0797. The smallest absolute Gasteiger partial charge is 0.475 e. The molecule has 4 rings (SSSR count). The highest BCUT2D eigenvalue weighted by molar-refractivity contribution is 5.95. The van der Waals surface area contributed by atoms with Crippen LogP contribution in [0.1, 0.15) is 34.7 Å². The molecule has 0 radical (unpaired) electrons. The maximum Gasteiger partial charge on any atom is 0.490 e. The molecule has 8 nitrogen and oxygen atoms in total. The van der Waals surface area contributed by atoms with E-state index in [9.17, 15) is 18.0 Å². The molecule has 32 heavy (non-hydrogen) atoms. The summed E-state index contributed by atoms with van der Waals surface area (Å²) >= 11 is 0. The Bertz CT molecular complexity index is 918. The van der Waals surface area contributed by atoms with Gasteiger partial charge in [-0.2, -0.15) is 13.2 Å². The molecule has 0 aromatic carbocycles. The molecular weight excluding hydrogens is 433 g/mol. The minimum Gasteiger partial charge on any atom is -0.475 e. The number of alkyl halides is 3. The summed E-state index contributed by atoms with van der Waals surface area (Å²) in [4.78, 5) is 28.0. The Morgan fingerprint density at radius 2 is 2.06 bits per heavy atom. The first kappa shape index (κ1) is 23.7. The zero-order valence-electron chi connectivity index (χ0n) is 17.2. The van der Waals surface area contributed by atoms with Crippen LogP contribution in [-0.2, 0) is 20.9 Å². The van der Waals surface area contributed by atoms with Crippen molar-refractivity contribution < 1.29 is 41.8 Å². The van der Waals surface area contributed by atoms with Crippen molar-refractivity contribution >= 4 is 11.9 Å². The second-order valence-corrected chi connectivity index (χ2v) is 7.37. The average Bonchev–Trinajstić information content (AvgIpc) is 3.36. The van der Waals surface area contributed by atoms with E-state index in [1.807, 2.05) is 30.0 Å². The maximum atomic E-state index is 12.9. The number of likely N-dealkylation sites (tertiary alicyclic amines) is 1. The van der Waals surface area contributed by atoms with Gasteiger partial charge in [-0.25, -0.2) is 4.79 Å². The first-order valence-electron chi connectivity index (χ1n) is 9.96. The maximum absolute atomic E-state index is 12.9. The van der Waals surface area contributed by atoms with Crippen molar-refractivity contribution in [1.29, 1.82) is 0 Å². The molecule has 2 aliphatic heterocycles. The van der Waals surface area contributed by atoms with Gasteiger partial charge in [0.25, 0.3) is 5.91 Å². The number of fused-ring (bicyclic) bond motifs is 1. The van der Waals surface area contributed by atoms with Crippen LogP contribution in [0.25, 0.3) is 0 Å². The predicted octanol–water partition coefficient (Wildman–Crippen LogP) is 3.21. The zero-order valence-corrected chi connectivity index (χ0v) is 17.2. The lowest BCUT2D eigenvalue weighted by Gasteiger charge is -2.32. The summed E-state index contributed by atoms with van der Waals surface area (Å²) in [5.74, 6) is -2.11. The fraction of sp³-hybridized carbons (Fsp3) is 0.476. The van der Waals surface area contributed by atoms with Gasteiger partial charge >= 0.3 is 12.1 Å². The Kier molecular flexibility index (Phi) is 7.52. The van der Waals surface area contributed by atoms with Gasteiger partial charge in [-0.15, -0.1) is 0 Å². The molecule has 3 atom stereocenters. The summed E-state index contributed by atoms with van der Waals surface area (Å²) in [5.41, 5.74) is 1.50. The number of aryl methyl sites for hydroxylation is 1. The van der Waals surface area contributed by atoms with E-state index in [-0.39, 0.29) is 24.2 Å². The van der Waals surface area contributed by atoms with Crippen LogP contribution in [0.3, 0.4) is 0 Å². The SMILES string of the molecule is Cc1occc1C(=O)N1C[C@@H](OCc2ccccn2)[C@H]2OCCC[C@H]21.O=C(O)C(F)(F)F. The summed E-state index contributed by atoms with van der Waals surface area (Å²) in [6, 6.07) is 7.55. The molecule has 0 unspecified atom stereocenters. The summed E-state index contributed by atoms with van der Waals surface area (Å²) in [6.45, 7) is 3.49. The van der Waals surface area contributed by atoms with Crippen molar-refractivity contribution in [3.8, 4) is 0 Å². The van der Waals surface area contributed by atoms with E-state index in [4.69, 9.17) is 23.8 Å². The first-order valence-corrected chi connectivity index (χ1v) is 9.96. The second-order valence-electron chi connectivity index (χ2n) is 7.37. The highest BCUT2D eigenvalue weighted by Gasteiger charge is 2.47. The van der Waals surface area contributed by atoms with E-state index in [0.29, 0.717) is 24.5 Å². The number of carbonyl (C=O) groups is 2. The van der Waals surface area contributed by atoms with E-state index in [1.165, 1.54) is 0 Å². The number of hydrogen-bond donors (Lipinski definition) is 1. The number of hydrogen-bond acceptors (Lipinski definition) is 6. The third kappa shape index (κ3) is 5.65. The third-order valence-electron chi connectivity index (χ3n) is 5.24. The molecule has 2 fully saturated rings. The van der Waals surface area contributed by atoms with Crippen LogP contribution < -0.4 is 0 Å². The molecule has 0 aliphatic carbocycles. The van der Waals surface area contributed by atoms with E-state index in [1.54, 1.807) is 18.5 Å². The molecular formula is C21H23F3N2O6. The van der Waals surface area contributed by atoms with Gasteiger partial charge in [0.1, 0.15) is 18.0 Å². The Morgan fingerprint density at radius 1 is 1.31 bits per heavy atom. The summed E-state index contributed by atoms with van der Waals surface area (Å²) in [5, 5.41) is 7.12. The molecule has 1 N–H and O–H groups in total. The molecule has 2 aromatic heterocycles. The number of furan rings is 1. The Hall–Kier alpha value is -2.92. The van der Waals surface area contributed by atoms with E-state index in [0.717, 1.165) is 25.1 Å². The molecule has 0 spiro atoms. The van der Waals surface area contributed by atoms with Crippen LogP contribution in [-0.4, -0.2) is 64.4 Å². The number of nitrogens with zero attached hydrogens (tertiary/aromatic N) is 2. The van der Waals surface area contributed by atoms with E-state index >= 15 is 0 Å². The van der Waals surface area contributed by atoms with Gasteiger partial charge in [-0.05, 0) is 38.0 Å². The highest BCUT2D eigenvalue weighted by atomic mass is 19.4. The van der Waals surface area contributed by atoms with Crippen LogP contribution in [0.5, 0.6) is 0 Å². The van der Waals surface area contributed by atoms with Crippen LogP contribution in [0.4, 0.5) is 13.2 Å². The third-order valence-corrected chi connectivity index (χ3v) is 5.24. The Balaban J connectivity index is 0.000000360. The molecule has 11 heteroatoms. The van der Waals surface area contributed by atoms with Crippen molar-refractivity contribution in [2.24, 2.45) is 0 Å². The normalized spacial score (nSPS) is 22.6. The number of amides is 1. The molecule has 2 saturated heterocycles. The van der Waals surface area contributed by atoms with Gasteiger partial charge in [-0.3, -0.25) is 9.78 Å². The first-order chi connectivity index (χ1) is 15.2. The van der Waals surface area contributed by atoms with E-state index < -0.39 is 12.1 Å². The Labute approximate surface area is 181 Å². The van der Waals surface area contributed by atoms with Gasteiger partial charge in [0, 0.05) is 12.8 Å². The number of rotatable bonds is 4. The number of halogens is 3. The fourth-order valence-corrected chi connectivity index (χ4v) is 3.73. The molecule has 2 aromatic rings. The van der Waals surface area contributed by atoms with Crippen LogP contribution >= 0.6 is 0 Å². The largest absolute Gasteiger partial charge is 0.490 e. The standard InChI is InChI=1S/C19H22N2O4.C2HF3O2/c1-13-15(7-10-23-13)19(22)21-11-17(18-16(21)6-4-9-24-18)25-12-14-5-2-3-8-20-14;3-2(4,5)1(6)7/h2-3,5,7-8,10,16-18H,4,6,9,11-12H2,1H3;(H,6,7)/t16-,17-,18+;/m1./s1. The van der Waals surface area contributed by atoms with Gasteiger partial charge in [0.2, 0.25) is 0 Å². The highest BCUT2D eigenvalue weighted by Crippen LogP contribution is 2.32. The minimum absolute atomic E-state index is 0.00399. The van der Waals surface area contributed by atoms with Crippen molar-refractivity contribution in [3.63, 3.8) is 0 Å². The number of carboxylic acids is 1. The topological polar surface area (TPSA) is 102 Å². The van der Waals surface area contributed by atoms with Crippen molar-refractivity contribution in [1.82, 2.24) is 9.88 Å². The number of carbonyl (C=O) groups excluding carboxylic acids is 1. The van der Waals surface area contributed by atoms with Crippen molar-refractivity contribution in [3.05, 3.63) is 53.7 Å². The van der Waals surface area contributed by atoms with Gasteiger partial charge in [-0.1, -0.05) is 6.07 Å². The molecule has 174 valence electrons. The van der Waals surface area contributed by atoms with Crippen molar-refractivity contribution in [2.75, 3.05) is 13.2 Å². The molecule has 4 heterocycles. The lowest BCUT2D eigenvalue weighted by atomic mass is 10.0. The number of aliphatic carboxylic acids is 1. The minimum atomic E-state index is -5.08. The quantitative estimate of drug-likeness (QED) is 0.754. The second kappa shape index (κ2) is 10.1. The Morgan fingerprint density at radius 3 is 2.66 bits per heavy atom. The van der Waals surface area contributed by atoms with Gasteiger partial charge in [0.15, 0.2) is 0 Å². The molecule has 2 aliphatic rings. The summed E-state index contributed by atoms with van der Waals surface area (Å²) < 4.78 is 49.1. The number of pyridine rings is 1.